The molecule has 6 saturated carbocycles. The van der Waals surface area contributed by atoms with Crippen LogP contribution in [0.4, 0.5) is 0 Å². The van der Waals surface area contributed by atoms with Crippen molar-refractivity contribution in [3.05, 3.63) is 0 Å². The number of hydrogen-bond donors (Lipinski definition) is 0. The average molecular weight is 160 g/mol. The lowest BCUT2D eigenvalue weighted by Crippen LogP contribution is -2.66. The molecule has 6 atom stereocenters. The molecule has 0 radical (unpaired) electrons. The van der Waals surface area contributed by atoms with E-state index in [1.54, 1.807) is 38.5 Å². The van der Waals surface area contributed by atoms with Crippen LogP contribution in [0.25, 0.3) is 0 Å². The molecule has 12 heavy (non-hydrogen) atoms. The lowest BCUT2D eigenvalue weighted by atomic mass is 9.32. The Kier molecular flexibility index (Phi) is 0.578. The molecule has 0 saturated heterocycles. The Balaban J connectivity index is 1.84. The van der Waals surface area contributed by atoms with Gasteiger partial charge in [-0.25, -0.2) is 0 Å². The molecule has 0 amide bonds. The van der Waals surface area contributed by atoms with Crippen molar-refractivity contribution in [1.82, 2.24) is 0 Å². The zero-order chi connectivity index (χ0) is 7.55. The van der Waals surface area contributed by atoms with Crippen molar-refractivity contribution < 1.29 is 0 Å². The van der Waals surface area contributed by atoms with Crippen molar-refractivity contribution in [3.63, 3.8) is 0 Å². The van der Waals surface area contributed by atoms with E-state index in [1.807, 2.05) is 0 Å². The van der Waals surface area contributed by atoms with Crippen LogP contribution in [-0.4, -0.2) is 0 Å². The van der Waals surface area contributed by atoms with Gasteiger partial charge < -0.3 is 0 Å². The normalized spacial score (nSPS) is 80.0. The van der Waals surface area contributed by atoms with Crippen molar-refractivity contribution in [2.24, 2.45) is 34.5 Å². The van der Waals surface area contributed by atoms with Crippen LogP contribution < -0.4 is 0 Å². The Hall–Kier alpha value is 0. The van der Waals surface area contributed by atoms with Gasteiger partial charge in [0.15, 0.2) is 0 Å². The van der Waals surface area contributed by atoms with E-state index in [-0.39, 0.29) is 0 Å². The monoisotopic (exact) mass is 160 g/mol. The summed E-state index contributed by atoms with van der Waals surface area (Å²) in [5.41, 5.74) is 1.96. The van der Waals surface area contributed by atoms with E-state index in [1.165, 1.54) is 23.7 Å². The van der Waals surface area contributed by atoms with E-state index >= 15 is 0 Å². The van der Waals surface area contributed by atoms with Gasteiger partial charge in [0, 0.05) is 0 Å². The molecule has 0 heteroatoms. The largest absolute Gasteiger partial charge is 0.0472 e. The van der Waals surface area contributed by atoms with E-state index < -0.39 is 0 Å². The zero-order valence-corrected chi connectivity index (χ0v) is 7.55. The first-order valence-electron chi connectivity index (χ1n) is 5.85. The van der Waals surface area contributed by atoms with E-state index in [4.69, 9.17) is 0 Å². The standard InChI is InChI=1S/C12H16/c1-2-12-6-8-3-7-4-9(12)11(1,5-7)10(8)12/h7-10H,1-6H2. The van der Waals surface area contributed by atoms with Gasteiger partial charge in [-0.15, -0.1) is 0 Å². The third-order valence-corrected chi connectivity index (χ3v) is 6.67. The van der Waals surface area contributed by atoms with E-state index in [0.717, 1.165) is 10.8 Å². The minimum atomic E-state index is 0.978. The highest BCUT2D eigenvalue weighted by Crippen LogP contribution is 2.92. The number of hydrogen-bond acceptors (Lipinski definition) is 0. The molecule has 2 spiro atoms. The molecule has 0 aliphatic heterocycles. The molecule has 6 unspecified atom stereocenters. The van der Waals surface area contributed by atoms with Crippen LogP contribution in [0.3, 0.4) is 0 Å². The third-order valence-electron chi connectivity index (χ3n) is 6.67. The Morgan fingerprint density at radius 1 is 0.917 bits per heavy atom. The van der Waals surface area contributed by atoms with Gasteiger partial charge in [0.25, 0.3) is 0 Å². The molecule has 0 nitrogen and oxygen atoms in total. The summed E-state index contributed by atoms with van der Waals surface area (Å²) < 4.78 is 0. The maximum Gasteiger partial charge on any atom is -0.0224 e. The molecule has 6 aliphatic rings. The summed E-state index contributed by atoms with van der Waals surface area (Å²) in [6, 6.07) is 0. The highest BCUT2D eigenvalue weighted by molar-refractivity contribution is 5.33. The van der Waals surface area contributed by atoms with Gasteiger partial charge in [0.2, 0.25) is 0 Å². The second-order valence-corrected chi connectivity index (χ2v) is 6.50. The summed E-state index contributed by atoms with van der Waals surface area (Å²) in [4.78, 5) is 0. The molecular weight excluding hydrogens is 144 g/mol. The van der Waals surface area contributed by atoms with Crippen LogP contribution in [0, 0.1) is 34.5 Å². The van der Waals surface area contributed by atoms with Crippen LogP contribution in [0.15, 0.2) is 0 Å². The highest BCUT2D eigenvalue weighted by Gasteiger charge is 2.85. The fourth-order valence-electron chi connectivity index (χ4n) is 6.98. The Bertz CT molecular complexity index is 284. The van der Waals surface area contributed by atoms with Crippen LogP contribution in [-0.2, 0) is 0 Å². The quantitative estimate of drug-likeness (QED) is 0.511. The maximum atomic E-state index is 1.67. The lowest BCUT2D eigenvalue weighted by Gasteiger charge is -2.72. The molecule has 3 bridgehead atoms. The number of fused-ring (bicyclic) bond motifs is 2. The fourth-order valence-corrected chi connectivity index (χ4v) is 6.98. The summed E-state index contributed by atoms with van der Waals surface area (Å²) in [5, 5.41) is 0. The van der Waals surface area contributed by atoms with Crippen LogP contribution >= 0.6 is 0 Å². The number of rotatable bonds is 0. The van der Waals surface area contributed by atoms with Gasteiger partial charge in [0.05, 0.1) is 0 Å². The molecule has 6 aliphatic carbocycles. The van der Waals surface area contributed by atoms with E-state index in [9.17, 15) is 0 Å². The predicted molar refractivity (Wildman–Crippen MR) is 46.5 cm³/mol. The SMILES string of the molecule is C1C2CC3C4(CCC35CC1C45)C2. The van der Waals surface area contributed by atoms with Crippen molar-refractivity contribution in [2.45, 2.75) is 38.5 Å². The maximum absolute atomic E-state index is 1.67. The van der Waals surface area contributed by atoms with Gasteiger partial charge in [-0.2, -0.15) is 0 Å². The predicted octanol–water partition coefficient (Wildman–Crippen LogP) is 2.83. The Labute approximate surface area is 73.7 Å². The van der Waals surface area contributed by atoms with Gasteiger partial charge in [0.1, 0.15) is 0 Å². The smallest absolute Gasteiger partial charge is 0.0224 e. The van der Waals surface area contributed by atoms with Crippen LogP contribution in [0.2, 0.25) is 0 Å². The minimum absolute atomic E-state index is 0.978. The second-order valence-electron chi connectivity index (χ2n) is 6.50. The zero-order valence-electron chi connectivity index (χ0n) is 7.55. The first-order chi connectivity index (χ1) is 5.85. The fraction of sp³-hybridized carbons (Fsp3) is 1.00. The summed E-state index contributed by atoms with van der Waals surface area (Å²) in [7, 11) is 0. The summed E-state index contributed by atoms with van der Waals surface area (Å²) >= 11 is 0. The van der Waals surface area contributed by atoms with Crippen LogP contribution in [0.1, 0.15) is 38.5 Å². The van der Waals surface area contributed by atoms with Crippen molar-refractivity contribution in [3.8, 4) is 0 Å². The molecular formula is C12H16. The van der Waals surface area contributed by atoms with Gasteiger partial charge in [-0.05, 0) is 73.0 Å². The molecule has 0 aromatic heterocycles. The minimum Gasteiger partial charge on any atom is -0.0472 e. The van der Waals surface area contributed by atoms with E-state index in [2.05, 4.69) is 0 Å². The molecule has 0 aromatic rings. The summed E-state index contributed by atoms with van der Waals surface area (Å²) in [5.74, 6) is 4.94. The summed E-state index contributed by atoms with van der Waals surface area (Å²) in [6.45, 7) is 0. The molecule has 6 fully saturated rings. The van der Waals surface area contributed by atoms with Crippen LogP contribution in [0.5, 0.6) is 0 Å². The van der Waals surface area contributed by atoms with Gasteiger partial charge in [-0.3, -0.25) is 0 Å². The Morgan fingerprint density at radius 2 is 1.75 bits per heavy atom. The van der Waals surface area contributed by atoms with Gasteiger partial charge >= 0.3 is 0 Å². The lowest BCUT2D eigenvalue weighted by molar-refractivity contribution is -0.241. The second kappa shape index (κ2) is 1.22. The summed E-state index contributed by atoms with van der Waals surface area (Å²) in [6.07, 6.45) is 9.93. The molecule has 64 valence electrons. The van der Waals surface area contributed by atoms with Gasteiger partial charge in [-0.1, -0.05) is 0 Å². The van der Waals surface area contributed by atoms with Crippen molar-refractivity contribution in [1.29, 1.82) is 0 Å². The molecule has 0 N–H and O–H groups in total. The third kappa shape index (κ3) is 0.288. The first-order valence-corrected chi connectivity index (χ1v) is 5.85. The van der Waals surface area contributed by atoms with Crippen molar-refractivity contribution in [2.75, 3.05) is 0 Å². The van der Waals surface area contributed by atoms with E-state index in [0.29, 0.717) is 0 Å². The molecule has 0 aromatic carbocycles. The van der Waals surface area contributed by atoms with Crippen molar-refractivity contribution >= 4 is 0 Å². The topological polar surface area (TPSA) is 0 Å². The average Bonchev–Trinajstić information content (AvgIpc) is 2.44. The molecule has 0 heterocycles. The first kappa shape index (κ1) is 5.67. The Morgan fingerprint density at radius 3 is 2.67 bits per heavy atom. The highest BCUT2D eigenvalue weighted by atomic mass is 14.9. The molecule has 6 rings (SSSR count).